The Hall–Kier alpha value is -7.60. The van der Waals surface area contributed by atoms with Crippen molar-refractivity contribution in [2.75, 3.05) is 4.90 Å². The standard InChI is InChI=1S/C57H37NO/c1-3-15-41(16-4-1)45-19-9-13-25-53(45)58(43-17-5-2-6-18-43)44-34-31-39(32-35-44)38-27-29-40(30-28-38)42-33-36-47-46-20-7-11-23-50(46)57(52(47)37-42)51-24-12-8-21-48(51)56-55(57)49-22-10-14-26-54(49)59-56/h1-3,5-15,17-31,33-34,36-37H,4,16H2. The molecule has 2 nitrogen and oxygen atoms in total. The Labute approximate surface area is 344 Å². The van der Waals surface area contributed by atoms with E-state index in [0.717, 1.165) is 52.4 Å². The second-order valence-electron chi connectivity index (χ2n) is 15.7. The highest BCUT2D eigenvalue weighted by atomic mass is 16.3. The number of furan rings is 1. The van der Waals surface area contributed by atoms with Gasteiger partial charge >= 0.3 is 0 Å². The number of hydrogen-bond donors (Lipinski definition) is 0. The summed E-state index contributed by atoms with van der Waals surface area (Å²) in [6.07, 6.45) is 13.1. The minimum atomic E-state index is -0.481. The third kappa shape index (κ3) is 5.02. The zero-order valence-electron chi connectivity index (χ0n) is 32.3. The van der Waals surface area contributed by atoms with E-state index in [1.807, 2.05) is 0 Å². The molecule has 7 aromatic carbocycles. The topological polar surface area (TPSA) is 16.4 Å². The molecule has 4 aliphatic carbocycles. The smallest absolute Gasteiger partial charge is 0.140 e. The van der Waals surface area contributed by atoms with Crippen molar-refractivity contribution in [3.63, 3.8) is 0 Å². The lowest BCUT2D eigenvalue weighted by atomic mass is 9.70. The largest absolute Gasteiger partial charge is 0.456 e. The van der Waals surface area contributed by atoms with Gasteiger partial charge in [-0.2, -0.15) is 0 Å². The lowest BCUT2D eigenvalue weighted by Crippen LogP contribution is -2.25. The van der Waals surface area contributed by atoms with E-state index in [4.69, 9.17) is 4.42 Å². The van der Waals surface area contributed by atoms with Crippen molar-refractivity contribution in [3.05, 3.63) is 251 Å². The summed E-state index contributed by atoms with van der Waals surface area (Å²) in [6.45, 7) is 0. The van der Waals surface area contributed by atoms with Crippen LogP contribution in [0.2, 0.25) is 0 Å². The van der Waals surface area contributed by atoms with Gasteiger partial charge in [-0.15, -0.1) is 0 Å². The number of para-hydroxylation sites is 3. The number of allylic oxidation sites excluding steroid dienone is 7. The van der Waals surface area contributed by atoms with E-state index in [-0.39, 0.29) is 0 Å². The van der Waals surface area contributed by atoms with Gasteiger partial charge in [0.15, 0.2) is 0 Å². The monoisotopic (exact) mass is 751 g/mol. The molecule has 0 amide bonds. The summed E-state index contributed by atoms with van der Waals surface area (Å²) in [4.78, 5) is 2.30. The van der Waals surface area contributed by atoms with Crippen LogP contribution in [0.1, 0.15) is 46.2 Å². The molecule has 8 aromatic rings. The van der Waals surface area contributed by atoms with Crippen LogP contribution in [0.5, 0.6) is 0 Å². The van der Waals surface area contributed by atoms with E-state index in [0.29, 0.717) is 0 Å². The molecule has 1 atom stereocenters. The minimum Gasteiger partial charge on any atom is -0.456 e. The van der Waals surface area contributed by atoms with Crippen LogP contribution < -0.4 is 4.90 Å². The Bertz CT molecular complexity index is 3230. The predicted octanol–water partition coefficient (Wildman–Crippen LogP) is 14.6. The third-order valence-electron chi connectivity index (χ3n) is 12.6. The first-order chi connectivity index (χ1) is 29.3. The van der Waals surface area contributed by atoms with Crippen LogP contribution >= 0.6 is 0 Å². The highest BCUT2D eigenvalue weighted by molar-refractivity contribution is 6.02. The van der Waals surface area contributed by atoms with Gasteiger partial charge in [0, 0.05) is 33.3 Å². The summed E-state index contributed by atoms with van der Waals surface area (Å²) < 4.78 is 6.71. The van der Waals surface area contributed by atoms with E-state index in [1.165, 1.54) is 66.6 Å². The Morgan fingerprint density at radius 2 is 1.22 bits per heavy atom. The lowest BCUT2D eigenvalue weighted by molar-refractivity contribution is 0.628. The molecule has 0 saturated heterocycles. The molecule has 1 heterocycles. The van der Waals surface area contributed by atoms with Crippen LogP contribution in [0.25, 0.3) is 55.7 Å². The number of fused-ring (bicyclic) bond motifs is 12. The van der Waals surface area contributed by atoms with Crippen LogP contribution in [0, 0.1) is 0 Å². The normalized spacial score (nSPS) is 16.6. The van der Waals surface area contributed by atoms with Crippen molar-refractivity contribution in [2.24, 2.45) is 0 Å². The quantitative estimate of drug-likeness (QED) is 0.157. The van der Waals surface area contributed by atoms with E-state index >= 15 is 0 Å². The fourth-order valence-electron chi connectivity index (χ4n) is 10.0. The van der Waals surface area contributed by atoms with Gasteiger partial charge in [0.05, 0.1) is 16.8 Å². The molecule has 12 rings (SSSR count). The summed E-state index contributed by atoms with van der Waals surface area (Å²) in [5.41, 5.74) is 26.7. The van der Waals surface area contributed by atoms with Gasteiger partial charge in [-0.1, -0.05) is 163 Å². The van der Waals surface area contributed by atoms with Crippen molar-refractivity contribution < 1.29 is 4.42 Å². The molecule has 0 fully saturated rings. The van der Waals surface area contributed by atoms with Crippen LogP contribution in [-0.2, 0) is 5.41 Å². The van der Waals surface area contributed by atoms with Crippen LogP contribution in [0.15, 0.2) is 222 Å². The van der Waals surface area contributed by atoms with Crippen molar-refractivity contribution >= 4 is 33.5 Å². The third-order valence-corrected chi connectivity index (χ3v) is 12.6. The van der Waals surface area contributed by atoms with E-state index in [2.05, 4.69) is 217 Å². The van der Waals surface area contributed by atoms with Gasteiger partial charge in [0.25, 0.3) is 0 Å². The molecule has 0 N–H and O–H groups in total. The van der Waals surface area contributed by atoms with Crippen LogP contribution in [-0.4, -0.2) is 0 Å². The first kappa shape index (κ1) is 33.5. The molecule has 1 aromatic heterocycles. The van der Waals surface area contributed by atoms with Crippen molar-refractivity contribution in [1.82, 2.24) is 0 Å². The Balaban J connectivity index is 0.950. The Morgan fingerprint density at radius 3 is 2.02 bits per heavy atom. The molecular weight excluding hydrogens is 715 g/mol. The molecule has 0 saturated carbocycles. The summed E-state index contributed by atoms with van der Waals surface area (Å²) >= 11 is 0. The molecule has 2 heteroatoms. The number of benzene rings is 7. The zero-order chi connectivity index (χ0) is 38.9. The first-order valence-electron chi connectivity index (χ1n) is 20.5. The molecule has 4 aliphatic rings. The van der Waals surface area contributed by atoms with Crippen LogP contribution in [0.3, 0.4) is 0 Å². The van der Waals surface area contributed by atoms with E-state index in [1.54, 1.807) is 0 Å². The molecule has 1 spiro atoms. The van der Waals surface area contributed by atoms with Crippen LogP contribution in [0.4, 0.5) is 11.4 Å². The number of hydrogen-bond acceptors (Lipinski definition) is 2. The number of nitrogens with zero attached hydrogens (tertiary/aromatic N) is 1. The molecular formula is C57H37NO. The fourth-order valence-corrected chi connectivity index (χ4v) is 10.0. The molecule has 1 unspecified atom stereocenters. The predicted molar refractivity (Wildman–Crippen MR) is 242 cm³/mol. The van der Waals surface area contributed by atoms with E-state index < -0.39 is 5.41 Å². The molecule has 0 aliphatic heterocycles. The second-order valence-corrected chi connectivity index (χ2v) is 15.7. The molecule has 59 heavy (non-hydrogen) atoms. The SMILES string of the molecule is C1=C=C(N(c2ccccc2)c2ccccc2C2=CC=CCC2)C=CC=1c1ccc(-c2ccc3c(c2)C2(c4ccccc4-3)c3ccccc3-c3oc4ccccc4c32)cc1. The summed E-state index contributed by atoms with van der Waals surface area (Å²) in [5.74, 6) is 0.980. The Kier molecular flexibility index (Phi) is 7.52. The second kappa shape index (κ2) is 13.2. The fraction of sp³-hybridized carbons (Fsp3) is 0.0526. The van der Waals surface area contributed by atoms with Crippen molar-refractivity contribution in [1.29, 1.82) is 0 Å². The summed E-state index contributed by atoms with van der Waals surface area (Å²) in [6, 6.07) is 61.5. The maximum Gasteiger partial charge on any atom is 0.140 e. The first-order valence-corrected chi connectivity index (χ1v) is 20.5. The van der Waals surface area contributed by atoms with Gasteiger partial charge in [-0.25, -0.2) is 0 Å². The number of anilines is 2. The summed E-state index contributed by atoms with van der Waals surface area (Å²) in [7, 11) is 0. The average Bonchev–Trinajstić information content (AvgIpc) is 3.94. The van der Waals surface area contributed by atoms with Crippen molar-refractivity contribution in [2.45, 2.75) is 18.3 Å². The van der Waals surface area contributed by atoms with Gasteiger partial charge in [0.1, 0.15) is 11.3 Å². The van der Waals surface area contributed by atoms with E-state index in [9.17, 15) is 0 Å². The molecule has 0 radical (unpaired) electrons. The molecule has 276 valence electrons. The van der Waals surface area contributed by atoms with Gasteiger partial charge in [-0.3, -0.25) is 0 Å². The highest BCUT2D eigenvalue weighted by Crippen LogP contribution is 2.65. The maximum atomic E-state index is 6.71. The number of rotatable bonds is 6. The summed E-state index contributed by atoms with van der Waals surface area (Å²) in [5, 5.41) is 1.17. The Morgan fingerprint density at radius 1 is 0.542 bits per heavy atom. The van der Waals surface area contributed by atoms with Gasteiger partial charge in [-0.05, 0) is 111 Å². The average molecular weight is 752 g/mol. The lowest BCUT2D eigenvalue weighted by Gasteiger charge is -2.30. The zero-order valence-corrected chi connectivity index (χ0v) is 32.3. The minimum absolute atomic E-state index is 0.481. The van der Waals surface area contributed by atoms with Gasteiger partial charge in [0.2, 0.25) is 0 Å². The van der Waals surface area contributed by atoms with Crippen molar-refractivity contribution in [3.8, 4) is 33.6 Å². The highest BCUT2D eigenvalue weighted by Gasteiger charge is 2.54. The maximum absolute atomic E-state index is 6.71. The molecule has 0 bridgehead atoms. The van der Waals surface area contributed by atoms with Gasteiger partial charge < -0.3 is 9.32 Å².